The predicted octanol–water partition coefficient (Wildman–Crippen LogP) is 10.9. The van der Waals surface area contributed by atoms with Crippen LogP contribution in [0.25, 0.3) is 11.1 Å². The van der Waals surface area contributed by atoms with Crippen molar-refractivity contribution in [3.05, 3.63) is 226 Å². The molecule has 1 aliphatic heterocycles. The van der Waals surface area contributed by atoms with Crippen molar-refractivity contribution in [1.29, 1.82) is 0 Å². The topological polar surface area (TPSA) is 72.5 Å². The maximum absolute atomic E-state index is 13.3. The Bertz CT molecular complexity index is 2400. The van der Waals surface area contributed by atoms with E-state index in [1.165, 1.54) is 7.11 Å². The zero-order chi connectivity index (χ0) is 41.8. The van der Waals surface area contributed by atoms with Gasteiger partial charge in [0.2, 0.25) is 0 Å². The summed E-state index contributed by atoms with van der Waals surface area (Å²) in [6, 6.07) is 59.1. The molecule has 0 radical (unpaired) electrons. The predicted molar refractivity (Wildman–Crippen MR) is 237 cm³/mol. The Labute approximate surface area is 359 Å². The molecule has 0 aromatic heterocycles. The summed E-state index contributed by atoms with van der Waals surface area (Å²) in [4.78, 5) is 13.3. The second kappa shape index (κ2) is 20.6. The molecule has 5 atom stereocenters. The van der Waals surface area contributed by atoms with E-state index in [9.17, 15) is 4.79 Å². The van der Waals surface area contributed by atoms with Gasteiger partial charge in [0.15, 0.2) is 0 Å². The third-order valence-electron chi connectivity index (χ3n) is 11.3. The highest BCUT2D eigenvalue weighted by atomic mass is 16.6. The molecule has 0 saturated carbocycles. The number of carbonyl (C=O) groups is 1. The van der Waals surface area contributed by atoms with Crippen molar-refractivity contribution in [2.45, 2.75) is 70.3 Å². The molecule has 8 rings (SSSR count). The van der Waals surface area contributed by atoms with Gasteiger partial charge in [-0.05, 0) is 75.0 Å². The SMILES string of the molecule is COC(=O)c1c(Cc2ccc(C)c(C3OC(COCc4ccccc4)C(OCc4ccccc4)C(OCc4ccccc4)C3OCc3ccccc3)c2)cc2cccccc1-2. The summed E-state index contributed by atoms with van der Waals surface area (Å²) < 4.78 is 40.1. The first kappa shape index (κ1) is 41.8. The monoisotopic (exact) mass is 812 g/mol. The van der Waals surface area contributed by atoms with Gasteiger partial charge in [-0.15, -0.1) is 0 Å². The third-order valence-corrected chi connectivity index (χ3v) is 11.3. The highest BCUT2D eigenvalue weighted by Gasteiger charge is 2.49. The summed E-state index contributed by atoms with van der Waals surface area (Å²) in [6.45, 7) is 3.84. The van der Waals surface area contributed by atoms with Crippen LogP contribution in [0.2, 0.25) is 0 Å². The fourth-order valence-electron chi connectivity index (χ4n) is 8.20. The van der Waals surface area contributed by atoms with Crippen LogP contribution in [0.5, 0.6) is 0 Å². The van der Waals surface area contributed by atoms with Crippen LogP contribution < -0.4 is 0 Å². The quantitative estimate of drug-likeness (QED) is 0.0848. The van der Waals surface area contributed by atoms with Crippen molar-refractivity contribution in [2.75, 3.05) is 13.7 Å². The summed E-state index contributed by atoms with van der Waals surface area (Å²) >= 11 is 0. The summed E-state index contributed by atoms with van der Waals surface area (Å²) in [5.74, 6) is -0.355. The van der Waals surface area contributed by atoms with Gasteiger partial charge in [0.05, 0.1) is 45.7 Å². The molecule has 0 amide bonds. The molecule has 5 unspecified atom stereocenters. The van der Waals surface area contributed by atoms with E-state index < -0.39 is 30.5 Å². The Hall–Kier alpha value is -5.93. The first-order valence-corrected chi connectivity index (χ1v) is 21.0. The number of aryl methyl sites for hydroxylation is 1. The first-order chi connectivity index (χ1) is 30.0. The molecule has 2 aliphatic carbocycles. The average molecular weight is 813 g/mol. The van der Waals surface area contributed by atoms with E-state index in [4.69, 9.17) is 28.4 Å². The molecular formula is C54H52O7. The second-order valence-corrected chi connectivity index (χ2v) is 15.6. The van der Waals surface area contributed by atoms with Gasteiger partial charge in [-0.3, -0.25) is 0 Å². The minimum Gasteiger partial charge on any atom is -0.465 e. The number of hydrogen-bond donors (Lipinski definition) is 0. The zero-order valence-electron chi connectivity index (χ0n) is 34.7. The van der Waals surface area contributed by atoms with Crippen LogP contribution in [-0.2, 0) is 61.3 Å². The molecule has 5 aromatic carbocycles. The number of methoxy groups -OCH3 is 1. The van der Waals surface area contributed by atoms with Gasteiger partial charge in [-0.2, -0.15) is 0 Å². The van der Waals surface area contributed by atoms with Crippen LogP contribution >= 0.6 is 0 Å². The van der Waals surface area contributed by atoms with E-state index >= 15 is 0 Å². The molecule has 7 heteroatoms. The number of hydrogen-bond acceptors (Lipinski definition) is 7. The maximum atomic E-state index is 13.3. The molecule has 0 spiro atoms. The summed E-state index contributed by atoms with van der Waals surface area (Å²) in [6.07, 6.45) is -2.28. The molecule has 3 aliphatic rings. The maximum Gasteiger partial charge on any atom is 0.338 e. The fraction of sp³-hybridized carbons (Fsp3) is 0.241. The smallest absolute Gasteiger partial charge is 0.338 e. The fourth-order valence-corrected chi connectivity index (χ4v) is 8.20. The minimum atomic E-state index is -0.587. The Morgan fingerprint density at radius 2 is 1.05 bits per heavy atom. The van der Waals surface area contributed by atoms with Crippen molar-refractivity contribution in [1.82, 2.24) is 0 Å². The van der Waals surface area contributed by atoms with Crippen LogP contribution in [0.4, 0.5) is 0 Å². The van der Waals surface area contributed by atoms with Gasteiger partial charge in [0.1, 0.15) is 30.5 Å². The van der Waals surface area contributed by atoms with Gasteiger partial charge in [-0.1, -0.05) is 170 Å². The van der Waals surface area contributed by atoms with Crippen molar-refractivity contribution >= 4 is 5.97 Å². The molecule has 1 fully saturated rings. The number of benzene rings is 5. The highest BCUT2D eigenvalue weighted by Crippen LogP contribution is 2.41. The van der Waals surface area contributed by atoms with Crippen LogP contribution in [-0.4, -0.2) is 44.1 Å². The van der Waals surface area contributed by atoms with E-state index in [0.29, 0.717) is 38.4 Å². The van der Waals surface area contributed by atoms with E-state index in [2.05, 4.69) is 79.7 Å². The number of fused-ring (bicyclic) bond motifs is 1. The summed E-state index contributed by atoms with van der Waals surface area (Å²) in [5.41, 5.74) is 10.6. The van der Waals surface area contributed by atoms with Gasteiger partial charge in [-0.25, -0.2) is 4.79 Å². The number of esters is 1. The largest absolute Gasteiger partial charge is 0.465 e. The average Bonchev–Trinajstić information content (AvgIpc) is 3.47. The van der Waals surface area contributed by atoms with Crippen LogP contribution in [0.1, 0.15) is 61.0 Å². The van der Waals surface area contributed by atoms with Crippen molar-refractivity contribution in [3.63, 3.8) is 0 Å². The highest BCUT2D eigenvalue weighted by molar-refractivity contribution is 6.01. The molecule has 5 aromatic rings. The van der Waals surface area contributed by atoms with E-state index in [1.807, 2.05) is 103 Å². The Kier molecular flexibility index (Phi) is 14.1. The molecular weight excluding hydrogens is 761 g/mol. The lowest BCUT2D eigenvalue weighted by Crippen LogP contribution is -2.58. The molecule has 1 heterocycles. The van der Waals surface area contributed by atoms with Crippen molar-refractivity contribution < 1.29 is 33.2 Å². The van der Waals surface area contributed by atoms with Gasteiger partial charge < -0.3 is 28.4 Å². The minimum absolute atomic E-state index is 0.264. The number of rotatable bonds is 17. The molecule has 310 valence electrons. The molecule has 0 bridgehead atoms. The van der Waals surface area contributed by atoms with E-state index in [-0.39, 0.29) is 12.6 Å². The Morgan fingerprint density at radius 3 is 1.62 bits per heavy atom. The van der Waals surface area contributed by atoms with E-state index in [1.54, 1.807) is 0 Å². The van der Waals surface area contributed by atoms with E-state index in [0.717, 1.165) is 55.6 Å². The standard InChI is InChI=1S/C54H52O7/c1-38-28-29-43(30-45-32-44-26-16-7-17-27-46(44)49(45)54(55)56-2)31-47(38)50-52(59-35-41-22-12-5-13-23-41)53(60-36-42-24-14-6-15-25-42)51(58-34-40-20-10-4-11-21-40)48(61-50)37-57-33-39-18-8-3-9-19-39/h3-29,31-32,48,50-53H,30,33-37H2,1-2H3. The lowest BCUT2D eigenvalue weighted by Gasteiger charge is -2.47. The number of carbonyl (C=O) groups excluding carboxylic acids is 1. The van der Waals surface area contributed by atoms with Gasteiger partial charge >= 0.3 is 5.97 Å². The number of ether oxygens (including phenoxy) is 6. The Balaban J connectivity index is 1.19. The summed E-state index contributed by atoms with van der Waals surface area (Å²) in [7, 11) is 1.43. The van der Waals surface area contributed by atoms with Gasteiger partial charge in [0, 0.05) is 0 Å². The second-order valence-electron chi connectivity index (χ2n) is 15.6. The summed E-state index contributed by atoms with van der Waals surface area (Å²) in [5, 5.41) is 0. The van der Waals surface area contributed by atoms with Crippen LogP contribution in [0.15, 0.2) is 176 Å². The lowest BCUT2D eigenvalue weighted by atomic mass is 9.87. The first-order valence-electron chi connectivity index (χ1n) is 21.0. The Morgan fingerprint density at radius 1 is 0.541 bits per heavy atom. The molecule has 7 nitrogen and oxygen atoms in total. The van der Waals surface area contributed by atoms with Gasteiger partial charge in [0.25, 0.3) is 0 Å². The lowest BCUT2D eigenvalue weighted by molar-refractivity contribution is -0.275. The van der Waals surface area contributed by atoms with Crippen molar-refractivity contribution in [3.8, 4) is 11.1 Å². The zero-order valence-corrected chi connectivity index (χ0v) is 34.7. The third kappa shape index (κ3) is 10.5. The molecule has 61 heavy (non-hydrogen) atoms. The van der Waals surface area contributed by atoms with Crippen LogP contribution in [0, 0.1) is 6.92 Å². The van der Waals surface area contributed by atoms with Crippen LogP contribution in [0.3, 0.4) is 0 Å². The molecule has 0 N–H and O–H groups in total. The molecule has 1 saturated heterocycles. The van der Waals surface area contributed by atoms with Crippen molar-refractivity contribution in [2.24, 2.45) is 0 Å². The normalized spacial score (nSPS) is 18.8.